The van der Waals surface area contributed by atoms with Crippen LogP contribution in [0.2, 0.25) is 5.02 Å². The van der Waals surface area contributed by atoms with E-state index in [4.69, 9.17) is 17.0 Å². The number of carbonyl (C=O) groups is 1. The lowest BCUT2D eigenvalue weighted by atomic mass is 9.96. The molecule has 5 nitrogen and oxygen atoms in total. The zero-order valence-corrected chi connectivity index (χ0v) is 16.0. The minimum atomic E-state index is -0.131. The Labute approximate surface area is 160 Å². The van der Waals surface area contributed by atoms with Crippen LogP contribution in [0.3, 0.4) is 0 Å². The molecule has 1 heterocycles. The first-order valence-electron chi connectivity index (χ1n) is 9.27. The van der Waals surface area contributed by atoms with Crippen molar-refractivity contribution < 1.29 is 4.79 Å². The lowest BCUT2D eigenvalue weighted by Gasteiger charge is -2.31. The third-order valence-corrected chi connectivity index (χ3v) is 5.58. The lowest BCUT2D eigenvalue weighted by Crippen LogP contribution is -2.44. The van der Waals surface area contributed by atoms with E-state index in [9.17, 15) is 4.79 Å². The molecule has 3 N–H and O–H groups in total. The highest BCUT2D eigenvalue weighted by molar-refractivity contribution is 6.31. The van der Waals surface area contributed by atoms with Gasteiger partial charge in [0.25, 0.3) is 5.91 Å². The van der Waals surface area contributed by atoms with Crippen LogP contribution in [0, 0.1) is 10.8 Å². The second-order valence-corrected chi connectivity index (χ2v) is 7.96. The summed E-state index contributed by atoms with van der Waals surface area (Å²) < 4.78 is 0. The molecule has 26 heavy (non-hydrogen) atoms. The predicted octanol–water partition coefficient (Wildman–Crippen LogP) is 3.67. The molecule has 1 amide bonds. The summed E-state index contributed by atoms with van der Waals surface area (Å²) in [4.78, 5) is 15.2. The Morgan fingerprint density at radius 1 is 1.38 bits per heavy atom. The van der Waals surface area contributed by atoms with Crippen molar-refractivity contribution in [1.29, 1.82) is 5.41 Å². The largest absolute Gasteiger partial charge is 0.367 e. The molecule has 2 aliphatic rings. The fourth-order valence-electron chi connectivity index (χ4n) is 3.30. The molecule has 3 rings (SSSR count). The topological polar surface area (TPSA) is 68.2 Å². The Bertz CT molecular complexity index is 706. The summed E-state index contributed by atoms with van der Waals surface area (Å²) in [5, 5.41) is 14.8. The van der Waals surface area contributed by atoms with Gasteiger partial charge in [-0.1, -0.05) is 24.6 Å². The fourth-order valence-corrected chi connectivity index (χ4v) is 3.49. The Hall–Kier alpha value is -1.85. The lowest BCUT2D eigenvalue weighted by molar-refractivity contribution is -0.113. The summed E-state index contributed by atoms with van der Waals surface area (Å²) >= 11 is 6.03. The van der Waals surface area contributed by atoms with Crippen molar-refractivity contribution >= 4 is 29.4 Å². The van der Waals surface area contributed by atoms with Gasteiger partial charge in [-0.2, -0.15) is 0 Å². The molecule has 1 saturated carbocycles. The van der Waals surface area contributed by atoms with E-state index in [-0.39, 0.29) is 5.91 Å². The highest BCUT2D eigenvalue weighted by atomic mass is 35.5. The van der Waals surface area contributed by atoms with Crippen LogP contribution in [0.4, 0.5) is 5.69 Å². The van der Waals surface area contributed by atoms with Crippen LogP contribution in [0.25, 0.3) is 0 Å². The quantitative estimate of drug-likeness (QED) is 0.504. The molecule has 0 spiro atoms. The van der Waals surface area contributed by atoms with Gasteiger partial charge in [-0.15, -0.1) is 0 Å². The van der Waals surface area contributed by atoms with E-state index in [1.54, 1.807) is 12.1 Å². The van der Waals surface area contributed by atoms with Gasteiger partial charge in [-0.3, -0.25) is 4.79 Å². The Morgan fingerprint density at radius 2 is 2.12 bits per heavy atom. The van der Waals surface area contributed by atoms with E-state index in [2.05, 4.69) is 22.5 Å². The summed E-state index contributed by atoms with van der Waals surface area (Å²) in [6.45, 7) is 5.65. The highest BCUT2D eigenvalue weighted by Crippen LogP contribution is 2.49. The molecule has 1 aliphatic heterocycles. The molecule has 140 valence electrons. The van der Waals surface area contributed by atoms with Gasteiger partial charge in [0.1, 0.15) is 0 Å². The van der Waals surface area contributed by atoms with Gasteiger partial charge in [0, 0.05) is 48.7 Å². The molecule has 1 aromatic carbocycles. The first kappa shape index (κ1) is 18.9. The first-order chi connectivity index (χ1) is 12.5. The van der Waals surface area contributed by atoms with Crippen LogP contribution in [0.1, 0.15) is 32.6 Å². The van der Waals surface area contributed by atoms with Gasteiger partial charge in [-0.25, -0.2) is 0 Å². The molecule has 1 aromatic rings. The monoisotopic (exact) mass is 374 g/mol. The summed E-state index contributed by atoms with van der Waals surface area (Å²) in [6.07, 6.45) is 5.47. The molecule has 1 saturated heterocycles. The second-order valence-electron chi connectivity index (χ2n) is 7.52. The fraction of sp³-hybridized carbons (Fsp3) is 0.500. The van der Waals surface area contributed by atoms with Gasteiger partial charge in [0.2, 0.25) is 0 Å². The summed E-state index contributed by atoms with van der Waals surface area (Å²) in [5.41, 5.74) is 2.49. The Kier molecular flexibility index (Phi) is 5.99. The van der Waals surface area contributed by atoms with Crippen LogP contribution in [0.15, 0.2) is 35.5 Å². The van der Waals surface area contributed by atoms with Crippen LogP contribution in [-0.2, 0) is 4.79 Å². The van der Waals surface area contributed by atoms with Crippen molar-refractivity contribution in [3.8, 4) is 0 Å². The molecular weight excluding hydrogens is 348 g/mol. The third-order valence-electron chi connectivity index (χ3n) is 5.34. The van der Waals surface area contributed by atoms with Crippen molar-refractivity contribution in [1.82, 2.24) is 10.2 Å². The van der Waals surface area contributed by atoms with Crippen molar-refractivity contribution in [3.63, 3.8) is 0 Å². The van der Waals surface area contributed by atoms with E-state index in [0.717, 1.165) is 38.3 Å². The number of hydrogen-bond acceptors (Lipinski definition) is 4. The predicted molar refractivity (Wildman–Crippen MR) is 107 cm³/mol. The number of rotatable bonds is 7. The number of piperazine rings is 1. The zero-order valence-electron chi connectivity index (χ0n) is 15.3. The maximum absolute atomic E-state index is 13.0. The SMILES string of the molecule is CC1(CCC(C(=O)Nc2cccc(Cl)c2)=C(C=N)N2CCNCC2)CC1. The smallest absolute Gasteiger partial charge is 0.253 e. The molecule has 0 atom stereocenters. The summed E-state index contributed by atoms with van der Waals surface area (Å²) in [5.74, 6) is -0.131. The number of halogens is 1. The number of anilines is 1. The van der Waals surface area contributed by atoms with E-state index < -0.39 is 0 Å². The first-order valence-corrected chi connectivity index (χ1v) is 9.65. The Balaban J connectivity index is 1.83. The molecule has 0 aromatic heterocycles. The van der Waals surface area contributed by atoms with Gasteiger partial charge in [-0.05, 0) is 49.3 Å². The zero-order chi connectivity index (χ0) is 18.6. The number of carbonyl (C=O) groups excluding carboxylic acids is 1. The van der Waals surface area contributed by atoms with Crippen LogP contribution in [-0.4, -0.2) is 43.2 Å². The molecule has 0 unspecified atom stereocenters. The maximum Gasteiger partial charge on any atom is 0.253 e. The number of amides is 1. The van der Waals surface area contributed by atoms with E-state index in [1.165, 1.54) is 19.1 Å². The van der Waals surface area contributed by atoms with Gasteiger partial charge >= 0.3 is 0 Å². The van der Waals surface area contributed by atoms with Gasteiger partial charge in [0.05, 0.1) is 5.70 Å². The van der Waals surface area contributed by atoms with Crippen molar-refractivity contribution in [2.45, 2.75) is 32.6 Å². The number of hydrogen-bond donors (Lipinski definition) is 3. The highest BCUT2D eigenvalue weighted by Gasteiger charge is 2.37. The minimum Gasteiger partial charge on any atom is -0.367 e. The number of benzene rings is 1. The van der Waals surface area contributed by atoms with Gasteiger partial charge < -0.3 is 20.9 Å². The average Bonchev–Trinajstić information content (AvgIpc) is 3.37. The summed E-state index contributed by atoms with van der Waals surface area (Å²) in [7, 11) is 0. The van der Waals surface area contributed by atoms with Crippen LogP contribution < -0.4 is 10.6 Å². The number of allylic oxidation sites excluding steroid dienone is 1. The Morgan fingerprint density at radius 3 is 2.73 bits per heavy atom. The maximum atomic E-state index is 13.0. The molecule has 2 fully saturated rings. The molecular formula is C20H27ClN4O. The standard InChI is InChI=1S/C20H27ClN4O/c1-20(7-8-20)6-5-17(18(14-22)25-11-9-23-10-12-25)19(26)24-16-4-2-3-15(21)13-16/h2-4,13-14,22-23H,5-12H2,1H3,(H,24,26). The molecule has 0 radical (unpaired) electrons. The van der Waals surface area contributed by atoms with Crippen molar-refractivity contribution in [3.05, 3.63) is 40.6 Å². The van der Waals surface area contributed by atoms with E-state index >= 15 is 0 Å². The normalized spacial score (nSPS) is 19.5. The molecule has 1 aliphatic carbocycles. The van der Waals surface area contributed by atoms with Crippen LogP contribution >= 0.6 is 11.6 Å². The molecule has 0 bridgehead atoms. The van der Waals surface area contributed by atoms with Crippen molar-refractivity contribution in [2.75, 3.05) is 31.5 Å². The van der Waals surface area contributed by atoms with Crippen molar-refractivity contribution in [2.24, 2.45) is 5.41 Å². The van der Waals surface area contributed by atoms with Gasteiger partial charge in [0.15, 0.2) is 0 Å². The number of nitrogens with one attached hydrogen (secondary N) is 3. The van der Waals surface area contributed by atoms with E-state index in [0.29, 0.717) is 28.1 Å². The minimum absolute atomic E-state index is 0.131. The number of nitrogens with zero attached hydrogens (tertiary/aromatic N) is 1. The average molecular weight is 375 g/mol. The van der Waals surface area contributed by atoms with E-state index in [1.807, 2.05) is 12.1 Å². The summed E-state index contributed by atoms with van der Waals surface area (Å²) in [6, 6.07) is 7.18. The van der Waals surface area contributed by atoms with Crippen LogP contribution in [0.5, 0.6) is 0 Å². The second kappa shape index (κ2) is 8.23. The molecule has 6 heteroatoms. The third kappa shape index (κ3) is 4.86.